The molecule has 0 unspecified atom stereocenters. The molecule has 8 heteroatoms. The lowest BCUT2D eigenvalue weighted by Gasteiger charge is -2.27. The van der Waals surface area contributed by atoms with Gasteiger partial charge in [-0.05, 0) is 20.8 Å². The maximum absolute atomic E-state index is 12.0. The number of rotatable bonds is 2. The molecule has 2 N–H and O–H groups in total. The summed E-state index contributed by atoms with van der Waals surface area (Å²) in [6, 6.07) is -0.632. The summed E-state index contributed by atoms with van der Waals surface area (Å²) in [5, 5.41) is 0. The molecule has 0 saturated carbocycles. The maximum atomic E-state index is 12.0. The third-order valence-electron chi connectivity index (χ3n) is 2.46. The minimum atomic E-state index is -0.632. The quantitative estimate of drug-likeness (QED) is 0.739. The molecule has 3 amide bonds. The van der Waals surface area contributed by atoms with E-state index in [2.05, 4.69) is 10.9 Å². The maximum Gasteiger partial charge on any atom is 0.411 e. The number of nitrogens with one attached hydrogen (secondary N) is 2. The van der Waals surface area contributed by atoms with Gasteiger partial charge in [-0.25, -0.2) is 4.79 Å². The molecule has 1 aliphatic rings. The van der Waals surface area contributed by atoms with Gasteiger partial charge in [0.05, 0.1) is 5.88 Å². The molecular weight excluding hydrogens is 282 g/mol. The van der Waals surface area contributed by atoms with Gasteiger partial charge in [0.1, 0.15) is 11.6 Å². The van der Waals surface area contributed by atoms with E-state index in [9.17, 15) is 14.4 Å². The molecule has 0 spiro atoms. The predicted molar refractivity (Wildman–Crippen MR) is 75.8 cm³/mol. The van der Waals surface area contributed by atoms with E-state index in [0.29, 0.717) is 11.6 Å². The Kier molecular flexibility index (Phi) is 5.67. The van der Waals surface area contributed by atoms with Crippen LogP contribution in [0, 0.1) is 0 Å². The monoisotopic (exact) mass is 303 g/mol. The van der Waals surface area contributed by atoms with E-state index in [1.165, 1.54) is 16.7 Å². The lowest BCUT2D eigenvalue weighted by atomic mass is 10.2. The van der Waals surface area contributed by atoms with Crippen molar-refractivity contribution >= 4 is 29.7 Å². The fourth-order valence-electron chi connectivity index (χ4n) is 1.46. The topological polar surface area (TPSA) is 87.7 Å². The molecule has 1 aliphatic heterocycles. The molecule has 0 aromatic rings. The van der Waals surface area contributed by atoms with Crippen molar-refractivity contribution in [2.45, 2.75) is 45.8 Å². The van der Waals surface area contributed by atoms with Gasteiger partial charge < -0.3 is 4.74 Å². The van der Waals surface area contributed by atoms with Crippen LogP contribution in [0.3, 0.4) is 0 Å². The van der Waals surface area contributed by atoms with Gasteiger partial charge in [-0.3, -0.25) is 25.3 Å². The second-order valence-electron chi connectivity index (χ2n) is 5.36. The van der Waals surface area contributed by atoms with E-state index in [-0.39, 0.29) is 12.3 Å². The molecule has 7 nitrogen and oxygen atoms in total. The number of ether oxygens (including phenoxy) is 1. The zero-order chi connectivity index (χ0) is 15.3. The standard InChI is InChI=1S/C12H21N3O4S/c1-5-9(16)13-14-10(17)8-6-20-7-15(8)11(18)19-12(2,3)4/h8H,5-7H2,1-4H3,(H,13,16)(H,14,17)/t8-/m0/s1. The molecule has 1 heterocycles. The summed E-state index contributed by atoms with van der Waals surface area (Å²) in [5.74, 6) is 0.178. The van der Waals surface area contributed by atoms with Crippen LogP contribution in [0.5, 0.6) is 0 Å². The van der Waals surface area contributed by atoms with Crippen molar-refractivity contribution in [3.8, 4) is 0 Å². The first-order valence-corrected chi connectivity index (χ1v) is 7.56. The number of nitrogens with zero attached hydrogens (tertiary/aromatic N) is 1. The Morgan fingerprint density at radius 2 is 1.95 bits per heavy atom. The Bertz CT molecular complexity index is 395. The minimum absolute atomic E-state index is 0.273. The number of carbonyl (C=O) groups is 3. The summed E-state index contributed by atoms with van der Waals surface area (Å²) in [7, 11) is 0. The Labute approximate surface area is 122 Å². The first-order chi connectivity index (χ1) is 9.24. The van der Waals surface area contributed by atoms with Crippen molar-refractivity contribution in [2.24, 2.45) is 0 Å². The van der Waals surface area contributed by atoms with Crippen LogP contribution in [0.4, 0.5) is 4.79 Å². The fraction of sp³-hybridized carbons (Fsp3) is 0.750. The summed E-state index contributed by atoms with van der Waals surface area (Å²) in [6.45, 7) is 6.99. The molecule has 0 aromatic heterocycles. The average molecular weight is 303 g/mol. The van der Waals surface area contributed by atoms with Crippen molar-refractivity contribution in [2.75, 3.05) is 11.6 Å². The normalized spacial score (nSPS) is 18.6. The van der Waals surface area contributed by atoms with Gasteiger partial charge in [0.25, 0.3) is 5.91 Å². The highest BCUT2D eigenvalue weighted by Crippen LogP contribution is 2.23. The number of carbonyl (C=O) groups excluding carboxylic acids is 3. The van der Waals surface area contributed by atoms with E-state index >= 15 is 0 Å². The number of hydrazine groups is 1. The predicted octanol–water partition coefficient (Wildman–Crippen LogP) is 0.854. The molecule has 0 radical (unpaired) electrons. The summed E-state index contributed by atoms with van der Waals surface area (Å²) in [6.07, 6.45) is -0.250. The number of amides is 3. The molecule has 1 atom stereocenters. The second kappa shape index (κ2) is 6.83. The van der Waals surface area contributed by atoms with E-state index in [4.69, 9.17) is 4.74 Å². The van der Waals surface area contributed by atoms with Gasteiger partial charge in [0.15, 0.2) is 0 Å². The average Bonchev–Trinajstić information content (AvgIpc) is 2.82. The third-order valence-corrected chi connectivity index (χ3v) is 3.47. The summed E-state index contributed by atoms with van der Waals surface area (Å²) in [5.41, 5.74) is 4.00. The van der Waals surface area contributed by atoms with Crippen LogP contribution >= 0.6 is 11.8 Å². The summed E-state index contributed by atoms with van der Waals surface area (Å²) in [4.78, 5) is 36.4. The van der Waals surface area contributed by atoms with Crippen molar-refractivity contribution in [3.63, 3.8) is 0 Å². The fourth-order valence-corrected chi connectivity index (χ4v) is 2.61. The van der Waals surface area contributed by atoms with Gasteiger partial charge in [0.2, 0.25) is 5.91 Å². The van der Waals surface area contributed by atoms with Crippen LogP contribution in [0.2, 0.25) is 0 Å². The highest BCUT2D eigenvalue weighted by atomic mass is 32.2. The van der Waals surface area contributed by atoms with Gasteiger partial charge in [-0.15, -0.1) is 11.8 Å². The Balaban J connectivity index is 2.58. The van der Waals surface area contributed by atoms with Crippen molar-refractivity contribution in [1.82, 2.24) is 15.8 Å². The Morgan fingerprint density at radius 1 is 1.30 bits per heavy atom. The first kappa shape index (κ1) is 16.6. The molecule has 0 aliphatic carbocycles. The number of thioether (sulfide) groups is 1. The van der Waals surface area contributed by atoms with Crippen LogP contribution in [-0.4, -0.2) is 46.1 Å². The van der Waals surface area contributed by atoms with Gasteiger partial charge >= 0.3 is 6.09 Å². The number of hydrogen-bond acceptors (Lipinski definition) is 5. The highest BCUT2D eigenvalue weighted by Gasteiger charge is 2.37. The molecule has 0 bridgehead atoms. The summed E-state index contributed by atoms with van der Waals surface area (Å²) >= 11 is 1.46. The van der Waals surface area contributed by atoms with Crippen molar-refractivity contribution in [3.05, 3.63) is 0 Å². The SMILES string of the molecule is CCC(=O)NNC(=O)[C@@H]1CSCN1C(=O)OC(C)(C)C. The molecule has 1 rings (SSSR count). The Hall–Kier alpha value is -1.44. The minimum Gasteiger partial charge on any atom is -0.444 e. The van der Waals surface area contributed by atoms with E-state index in [1.807, 2.05) is 0 Å². The highest BCUT2D eigenvalue weighted by molar-refractivity contribution is 7.99. The largest absolute Gasteiger partial charge is 0.444 e. The molecule has 1 saturated heterocycles. The lowest BCUT2D eigenvalue weighted by Crippen LogP contribution is -2.53. The van der Waals surface area contributed by atoms with Crippen molar-refractivity contribution < 1.29 is 19.1 Å². The zero-order valence-corrected chi connectivity index (χ0v) is 13.0. The molecular formula is C12H21N3O4S. The molecule has 0 aromatic carbocycles. The van der Waals surface area contributed by atoms with Crippen LogP contribution in [0.25, 0.3) is 0 Å². The van der Waals surface area contributed by atoms with Gasteiger partial charge in [-0.1, -0.05) is 6.92 Å². The van der Waals surface area contributed by atoms with Gasteiger partial charge in [0, 0.05) is 12.2 Å². The molecule has 20 heavy (non-hydrogen) atoms. The number of hydrogen-bond donors (Lipinski definition) is 2. The first-order valence-electron chi connectivity index (χ1n) is 6.40. The van der Waals surface area contributed by atoms with Crippen LogP contribution in [0.15, 0.2) is 0 Å². The zero-order valence-electron chi connectivity index (χ0n) is 12.2. The van der Waals surface area contributed by atoms with Crippen LogP contribution in [-0.2, 0) is 14.3 Å². The van der Waals surface area contributed by atoms with Crippen LogP contribution < -0.4 is 10.9 Å². The van der Waals surface area contributed by atoms with E-state index in [1.54, 1.807) is 27.7 Å². The molecule has 114 valence electrons. The Morgan fingerprint density at radius 3 is 2.50 bits per heavy atom. The summed E-state index contributed by atoms with van der Waals surface area (Å²) < 4.78 is 5.26. The van der Waals surface area contributed by atoms with Crippen molar-refractivity contribution in [1.29, 1.82) is 0 Å². The van der Waals surface area contributed by atoms with Crippen LogP contribution in [0.1, 0.15) is 34.1 Å². The molecule has 1 fully saturated rings. The third kappa shape index (κ3) is 4.92. The smallest absolute Gasteiger partial charge is 0.411 e. The van der Waals surface area contributed by atoms with E-state index < -0.39 is 23.6 Å². The van der Waals surface area contributed by atoms with Gasteiger partial charge in [-0.2, -0.15) is 0 Å². The lowest BCUT2D eigenvalue weighted by molar-refractivity contribution is -0.131. The second-order valence-corrected chi connectivity index (χ2v) is 6.36. The van der Waals surface area contributed by atoms with E-state index in [0.717, 1.165) is 0 Å².